The van der Waals surface area contributed by atoms with Crippen LogP contribution < -0.4 is 5.73 Å². The molecule has 0 aliphatic heterocycles. The van der Waals surface area contributed by atoms with Crippen LogP contribution in [0.5, 0.6) is 0 Å². The highest BCUT2D eigenvalue weighted by Crippen LogP contribution is 2.13. The van der Waals surface area contributed by atoms with Crippen LogP contribution in [0.2, 0.25) is 0 Å². The van der Waals surface area contributed by atoms with Gasteiger partial charge >= 0.3 is 0 Å². The van der Waals surface area contributed by atoms with Gasteiger partial charge in [0.05, 0.1) is 0 Å². The third-order valence-electron chi connectivity index (χ3n) is 1.75. The molecule has 0 unspecified atom stereocenters. The fourth-order valence-corrected chi connectivity index (χ4v) is 1.89. The molecule has 0 aliphatic rings. The Bertz CT molecular complexity index is 404. The Morgan fingerprint density at radius 3 is 3.00 bits per heavy atom. The van der Waals surface area contributed by atoms with Gasteiger partial charge in [-0.25, -0.2) is 0 Å². The number of nitrogens with zero attached hydrogens (tertiary/aromatic N) is 4. The smallest absolute Gasteiger partial charge is 0.234 e. The average Bonchev–Trinajstić information content (AvgIpc) is 2.67. The Labute approximate surface area is 79.6 Å². The molecule has 0 bridgehead atoms. The minimum atomic E-state index is 0.472. The second-order valence-electron chi connectivity index (χ2n) is 2.76. The first-order valence-electron chi connectivity index (χ1n) is 4.25. The predicted octanol–water partition coefficient (Wildman–Crippen LogP) is 0.597. The lowest BCUT2D eigenvalue weighted by molar-refractivity contribution is 0.764. The number of nitrogens with two attached hydrogens (primary N) is 1. The molecule has 0 amide bonds. The van der Waals surface area contributed by atoms with Gasteiger partial charge in [-0.15, -0.1) is 10.2 Å². The largest absolute Gasteiger partial charge is 0.324 e. The van der Waals surface area contributed by atoms with Gasteiger partial charge in [0, 0.05) is 13.0 Å². The van der Waals surface area contributed by atoms with Crippen molar-refractivity contribution in [1.82, 2.24) is 19.8 Å². The Kier molecular flexibility index (Phi) is 2.24. The van der Waals surface area contributed by atoms with Crippen LogP contribution in [0.4, 0.5) is 0 Å². The highest BCUT2D eigenvalue weighted by Gasteiger charge is 2.09. The summed E-state index contributed by atoms with van der Waals surface area (Å²) in [5.74, 6) is 0.924. The fourth-order valence-electron chi connectivity index (χ4n) is 1.16. The topological polar surface area (TPSA) is 69.1 Å². The summed E-state index contributed by atoms with van der Waals surface area (Å²) in [6, 6.07) is 0. The van der Waals surface area contributed by atoms with Gasteiger partial charge in [0.1, 0.15) is 5.01 Å². The second kappa shape index (κ2) is 3.39. The van der Waals surface area contributed by atoms with Crippen LogP contribution in [0.15, 0.2) is 0 Å². The molecule has 0 atom stereocenters. The SMILES string of the molecule is CCCc1nnc2sc(CN)nn12. The molecule has 0 aromatic carbocycles. The van der Waals surface area contributed by atoms with Gasteiger partial charge in [-0.3, -0.25) is 0 Å². The quantitative estimate of drug-likeness (QED) is 0.782. The number of hydrogen-bond donors (Lipinski definition) is 1. The maximum atomic E-state index is 5.48. The van der Waals surface area contributed by atoms with Crippen molar-refractivity contribution >= 4 is 16.3 Å². The summed E-state index contributed by atoms with van der Waals surface area (Å²) >= 11 is 1.50. The van der Waals surface area contributed by atoms with Gasteiger partial charge in [-0.2, -0.15) is 9.61 Å². The molecule has 2 N–H and O–H groups in total. The van der Waals surface area contributed by atoms with E-state index >= 15 is 0 Å². The van der Waals surface area contributed by atoms with Crippen molar-refractivity contribution in [3.63, 3.8) is 0 Å². The van der Waals surface area contributed by atoms with Crippen molar-refractivity contribution in [2.24, 2.45) is 5.73 Å². The van der Waals surface area contributed by atoms with Crippen molar-refractivity contribution in [2.75, 3.05) is 0 Å². The minimum Gasteiger partial charge on any atom is -0.324 e. The van der Waals surface area contributed by atoms with Crippen LogP contribution in [-0.2, 0) is 13.0 Å². The van der Waals surface area contributed by atoms with Crippen LogP contribution in [0.3, 0.4) is 0 Å². The van der Waals surface area contributed by atoms with Crippen molar-refractivity contribution in [3.8, 4) is 0 Å². The maximum absolute atomic E-state index is 5.48. The zero-order chi connectivity index (χ0) is 9.26. The van der Waals surface area contributed by atoms with Gasteiger partial charge in [0.2, 0.25) is 4.96 Å². The first-order chi connectivity index (χ1) is 6.35. The highest BCUT2D eigenvalue weighted by atomic mass is 32.1. The van der Waals surface area contributed by atoms with E-state index in [9.17, 15) is 0 Å². The van der Waals surface area contributed by atoms with Crippen LogP contribution >= 0.6 is 11.3 Å². The lowest BCUT2D eigenvalue weighted by atomic mass is 10.3. The molecule has 2 heterocycles. The van der Waals surface area contributed by atoms with Crippen molar-refractivity contribution in [2.45, 2.75) is 26.3 Å². The zero-order valence-electron chi connectivity index (χ0n) is 7.40. The van der Waals surface area contributed by atoms with E-state index in [0.29, 0.717) is 6.54 Å². The molecule has 5 nitrogen and oxygen atoms in total. The molecule has 0 saturated carbocycles. The van der Waals surface area contributed by atoms with E-state index in [0.717, 1.165) is 28.6 Å². The molecular formula is C7H11N5S. The molecule has 0 aliphatic carbocycles. The van der Waals surface area contributed by atoms with E-state index in [1.54, 1.807) is 4.52 Å². The third kappa shape index (κ3) is 1.42. The van der Waals surface area contributed by atoms with E-state index in [1.165, 1.54) is 11.3 Å². The van der Waals surface area contributed by atoms with E-state index in [-0.39, 0.29) is 0 Å². The Morgan fingerprint density at radius 2 is 2.31 bits per heavy atom. The lowest BCUT2D eigenvalue weighted by Crippen LogP contribution is -1.99. The maximum Gasteiger partial charge on any atom is 0.234 e. The molecular weight excluding hydrogens is 186 g/mol. The Morgan fingerprint density at radius 1 is 1.46 bits per heavy atom. The van der Waals surface area contributed by atoms with Gasteiger partial charge in [0.15, 0.2) is 5.82 Å². The average molecular weight is 197 g/mol. The Hall–Kier alpha value is -1.01. The summed E-state index contributed by atoms with van der Waals surface area (Å²) in [6.07, 6.45) is 1.96. The summed E-state index contributed by atoms with van der Waals surface area (Å²) in [4.78, 5) is 0.837. The van der Waals surface area contributed by atoms with Crippen LogP contribution in [0, 0.1) is 0 Å². The summed E-state index contributed by atoms with van der Waals surface area (Å²) in [5.41, 5.74) is 5.48. The highest BCUT2D eigenvalue weighted by molar-refractivity contribution is 7.16. The van der Waals surface area contributed by atoms with Crippen LogP contribution in [0.25, 0.3) is 4.96 Å². The van der Waals surface area contributed by atoms with E-state index < -0.39 is 0 Å². The molecule has 2 aromatic rings. The summed E-state index contributed by atoms with van der Waals surface area (Å²) in [7, 11) is 0. The number of rotatable bonds is 3. The minimum absolute atomic E-state index is 0.472. The molecule has 0 spiro atoms. The molecule has 0 radical (unpaired) electrons. The van der Waals surface area contributed by atoms with E-state index in [1.807, 2.05) is 0 Å². The standard InChI is InChI=1S/C7H11N5S/c1-2-3-5-9-10-7-12(5)11-6(4-8)13-7/h2-4,8H2,1H3. The predicted molar refractivity (Wildman–Crippen MR) is 50.5 cm³/mol. The summed E-state index contributed by atoms with van der Waals surface area (Å²) < 4.78 is 1.79. The molecule has 2 aromatic heterocycles. The van der Waals surface area contributed by atoms with Gasteiger partial charge in [0.25, 0.3) is 0 Å². The molecule has 70 valence electrons. The summed E-state index contributed by atoms with van der Waals surface area (Å²) in [6.45, 7) is 2.58. The van der Waals surface area contributed by atoms with E-state index in [4.69, 9.17) is 5.73 Å². The van der Waals surface area contributed by atoms with Crippen molar-refractivity contribution in [3.05, 3.63) is 10.8 Å². The molecule has 2 rings (SSSR count). The van der Waals surface area contributed by atoms with Crippen LogP contribution in [-0.4, -0.2) is 19.8 Å². The first-order valence-corrected chi connectivity index (χ1v) is 5.07. The third-order valence-corrected chi connectivity index (χ3v) is 2.67. The normalized spacial score (nSPS) is 11.2. The number of hydrogen-bond acceptors (Lipinski definition) is 5. The van der Waals surface area contributed by atoms with Crippen molar-refractivity contribution < 1.29 is 0 Å². The molecule has 13 heavy (non-hydrogen) atoms. The van der Waals surface area contributed by atoms with Gasteiger partial charge in [-0.05, 0) is 6.42 Å². The van der Waals surface area contributed by atoms with Gasteiger partial charge in [-0.1, -0.05) is 18.3 Å². The Balaban J connectivity index is 2.46. The molecule has 6 heteroatoms. The number of aromatic nitrogens is 4. The first kappa shape index (κ1) is 8.58. The van der Waals surface area contributed by atoms with Crippen molar-refractivity contribution in [1.29, 1.82) is 0 Å². The summed E-state index contributed by atoms with van der Waals surface area (Å²) in [5, 5.41) is 13.3. The fraction of sp³-hybridized carbons (Fsp3) is 0.571. The van der Waals surface area contributed by atoms with Gasteiger partial charge < -0.3 is 5.73 Å². The molecule has 0 saturated heterocycles. The number of fused-ring (bicyclic) bond motifs is 1. The van der Waals surface area contributed by atoms with Crippen LogP contribution in [0.1, 0.15) is 24.2 Å². The number of aryl methyl sites for hydroxylation is 1. The van der Waals surface area contributed by atoms with E-state index in [2.05, 4.69) is 22.2 Å². The molecule has 0 fully saturated rings. The second-order valence-corrected chi connectivity index (χ2v) is 3.80. The monoisotopic (exact) mass is 197 g/mol. The zero-order valence-corrected chi connectivity index (χ0v) is 8.21. The lowest BCUT2D eigenvalue weighted by Gasteiger charge is -1.90.